The summed E-state index contributed by atoms with van der Waals surface area (Å²) in [5, 5.41) is 3.37. The van der Waals surface area contributed by atoms with Crippen LogP contribution in [0.4, 0.5) is 5.82 Å². The summed E-state index contributed by atoms with van der Waals surface area (Å²) in [6.45, 7) is 7.22. The number of pyridine rings is 1. The van der Waals surface area contributed by atoms with E-state index < -0.39 is 0 Å². The zero-order valence-electron chi connectivity index (χ0n) is 11.7. The third kappa shape index (κ3) is 5.49. The lowest BCUT2D eigenvalue weighted by Gasteiger charge is -2.30. The number of hydrogen-bond acceptors (Lipinski definition) is 3. The Balaban J connectivity index is 1.55. The maximum absolute atomic E-state index is 4.31. The van der Waals surface area contributed by atoms with E-state index in [0.717, 1.165) is 22.8 Å². The average molecular weight is 326 g/mol. The van der Waals surface area contributed by atoms with E-state index in [1.165, 1.54) is 45.3 Å². The molecule has 1 aromatic rings. The van der Waals surface area contributed by atoms with Crippen molar-refractivity contribution in [3.8, 4) is 0 Å². The molecule has 1 fully saturated rings. The van der Waals surface area contributed by atoms with Gasteiger partial charge in [-0.2, -0.15) is 0 Å². The number of unbranched alkanes of at least 4 members (excludes halogenated alkanes) is 1. The molecule has 1 unspecified atom stereocenters. The Labute approximate surface area is 124 Å². The van der Waals surface area contributed by atoms with Gasteiger partial charge in [0, 0.05) is 23.8 Å². The molecule has 19 heavy (non-hydrogen) atoms. The molecule has 2 heterocycles. The number of nitrogens with zero attached hydrogens (tertiary/aromatic N) is 2. The zero-order valence-corrected chi connectivity index (χ0v) is 13.3. The predicted molar refractivity (Wildman–Crippen MR) is 84.5 cm³/mol. The first-order valence-electron chi connectivity index (χ1n) is 7.32. The number of hydrogen-bond donors (Lipinski definition) is 1. The number of halogens is 1. The van der Waals surface area contributed by atoms with E-state index in [-0.39, 0.29) is 0 Å². The summed E-state index contributed by atoms with van der Waals surface area (Å²) in [6, 6.07) is 4.03. The van der Waals surface area contributed by atoms with E-state index in [1.807, 2.05) is 18.3 Å². The van der Waals surface area contributed by atoms with Gasteiger partial charge >= 0.3 is 0 Å². The summed E-state index contributed by atoms with van der Waals surface area (Å²) in [5.41, 5.74) is 0. The summed E-state index contributed by atoms with van der Waals surface area (Å²) >= 11 is 3.39. The minimum Gasteiger partial charge on any atom is -0.370 e. The number of piperidine rings is 1. The summed E-state index contributed by atoms with van der Waals surface area (Å²) in [6.07, 6.45) is 7.10. The van der Waals surface area contributed by atoms with Gasteiger partial charge in [0.25, 0.3) is 0 Å². The molecule has 106 valence electrons. The first-order chi connectivity index (χ1) is 9.24. The zero-order chi connectivity index (χ0) is 13.5. The van der Waals surface area contributed by atoms with E-state index in [2.05, 4.69) is 38.1 Å². The largest absolute Gasteiger partial charge is 0.370 e. The van der Waals surface area contributed by atoms with E-state index in [1.54, 1.807) is 0 Å². The van der Waals surface area contributed by atoms with Crippen LogP contribution in [-0.2, 0) is 0 Å². The second-order valence-corrected chi connectivity index (χ2v) is 6.46. The highest BCUT2D eigenvalue weighted by molar-refractivity contribution is 9.10. The van der Waals surface area contributed by atoms with Gasteiger partial charge < -0.3 is 10.2 Å². The van der Waals surface area contributed by atoms with Crippen LogP contribution in [0, 0.1) is 5.92 Å². The van der Waals surface area contributed by atoms with E-state index in [9.17, 15) is 0 Å². The topological polar surface area (TPSA) is 28.2 Å². The van der Waals surface area contributed by atoms with Crippen LogP contribution in [0.3, 0.4) is 0 Å². The molecule has 4 heteroatoms. The van der Waals surface area contributed by atoms with Crippen molar-refractivity contribution in [1.82, 2.24) is 9.88 Å². The van der Waals surface area contributed by atoms with Gasteiger partial charge in [-0.25, -0.2) is 4.98 Å². The second-order valence-electron chi connectivity index (χ2n) is 5.54. The number of aromatic nitrogens is 1. The third-order valence-corrected chi connectivity index (χ3v) is 4.14. The smallest absolute Gasteiger partial charge is 0.125 e. The molecule has 2 rings (SSSR count). The minimum atomic E-state index is 0.888. The Morgan fingerprint density at radius 2 is 2.32 bits per heavy atom. The molecule has 0 aromatic carbocycles. The number of anilines is 1. The van der Waals surface area contributed by atoms with Gasteiger partial charge in [0.05, 0.1) is 0 Å². The van der Waals surface area contributed by atoms with Gasteiger partial charge in [0.15, 0.2) is 0 Å². The van der Waals surface area contributed by atoms with Crippen molar-refractivity contribution in [3.05, 3.63) is 22.8 Å². The molecule has 1 N–H and O–H groups in total. The highest BCUT2D eigenvalue weighted by atomic mass is 79.9. The maximum Gasteiger partial charge on any atom is 0.125 e. The number of likely N-dealkylation sites (tertiary alicyclic amines) is 1. The van der Waals surface area contributed by atoms with Crippen LogP contribution < -0.4 is 5.32 Å². The number of rotatable bonds is 6. The molecule has 3 nitrogen and oxygen atoms in total. The van der Waals surface area contributed by atoms with Gasteiger partial charge in [0.2, 0.25) is 0 Å². The molecule has 0 radical (unpaired) electrons. The molecule has 0 aliphatic carbocycles. The summed E-state index contributed by atoms with van der Waals surface area (Å²) < 4.78 is 1.03. The average Bonchev–Trinajstić information content (AvgIpc) is 2.41. The molecule has 1 saturated heterocycles. The second kappa shape index (κ2) is 7.85. The highest BCUT2D eigenvalue weighted by Crippen LogP contribution is 2.15. The highest BCUT2D eigenvalue weighted by Gasteiger charge is 2.15. The fourth-order valence-electron chi connectivity index (χ4n) is 2.65. The Bertz CT molecular complexity index is 366. The molecule has 1 aromatic heterocycles. The normalized spacial score (nSPS) is 20.4. The Morgan fingerprint density at radius 1 is 1.42 bits per heavy atom. The van der Waals surface area contributed by atoms with E-state index >= 15 is 0 Å². The summed E-state index contributed by atoms with van der Waals surface area (Å²) in [4.78, 5) is 6.92. The molecule has 1 aliphatic rings. The van der Waals surface area contributed by atoms with Crippen molar-refractivity contribution in [2.45, 2.75) is 32.6 Å². The van der Waals surface area contributed by atoms with Gasteiger partial charge in [-0.15, -0.1) is 0 Å². The predicted octanol–water partition coefficient (Wildman–Crippen LogP) is 3.77. The van der Waals surface area contributed by atoms with E-state index in [4.69, 9.17) is 0 Å². The molecule has 0 spiro atoms. The van der Waals surface area contributed by atoms with Gasteiger partial charge in [-0.1, -0.05) is 6.92 Å². The molecule has 1 atom stereocenters. The van der Waals surface area contributed by atoms with Crippen LogP contribution in [0.5, 0.6) is 0 Å². The van der Waals surface area contributed by atoms with Gasteiger partial charge in [-0.05, 0) is 72.8 Å². The number of nitrogens with one attached hydrogen (secondary N) is 1. The molecule has 0 bridgehead atoms. The molecular formula is C15H24BrN3. The first-order valence-corrected chi connectivity index (χ1v) is 8.11. The molecule has 0 saturated carbocycles. The third-order valence-electron chi connectivity index (χ3n) is 3.68. The quantitative estimate of drug-likeness (QED) is 0.807. The van der Waals surface area contributed by atoms with Crippen molar-refractivity contribution in [3.63, 3.8) is 0 Å². The molecular weight excluding hydrogens is 302 g/mol. The Kier molecular flexibility index (Phi) is 6.11. The lowest BCUT2D eigenvalue weighted by molar-refractivity contribution is 0.181. The standard InChI is InChI=1S/C15H24BrN3/c1-13-5-4-10-19(12-13)9-3-2-8-17-15-7-6-14(16)11-18-15/h6-7,11,13H,2-5,8-10,12H2,1H3,(H,17,18). The lowest BCUT2D eigenvalue weighted by Crippen LogP contribution is -2.35. The van der Waals surface area contributed by atoms with Crippen molar-refractivity contribution in [2.24, 2.45) is 5.92 Å². The summed E-state index contributed by atoms with van der Waals surface area (Å²) in [7, 11) is 0. The monoisotopic (exact) mass is 325 g/mol. The maximum atomic E-state index is 4.31. The van der Waals surface area contributed by atoms with Crippen LogP contribution in [0.15, 0.2) is 22.8 Å². The van der Waals surface area contributed by atoms with Crippen LogP contribution in [0.2, 0.25) is 0 Å². The van der Waals surface area contributed by atoms with Crippen LogP contribution in [0.1, 0.15) is 32.6 Å². The molecule has 0 amide bonds. The minimum absolute atomic E-state index is 0.888. The van der Waals surface area contributed by atoms with Crippen molar-refractivity contribution < 1.29 is 0 Å². The fourth-order valence-corrected chi connectivity index (χ4v) is 2.88. The SMILES string of the molecule is CC1CCCN(CCCCNc2ccc(Br)cn2)C1. The lowest BCUT2D eigenvalue weighted by atomic mass is 10.0. The van der Waals surface area contributed by atoms with Crippen molar-refractivity contribution in [1.29, 1.82) is 0 Å². The fraction of sp³-hybridized carbons (Fsp3) is 0.667. The van der Waals surface area contributed by atoms with Crippen LogP contribution in [-0.4, -0.2) is 36.1 Å². The van der Waals surface area contributed by atoms with Crippen LogP contribution >= 0.6 is 15.9 Å². The Hall–Kier alpha value is -0.610. The van der Waals surface area contributed by atoms with Gasteiger partial charge in [-0.3, -0.25) is 0 Å². The summed E-state index contributed by atoms with van der Waals surface area (Å²) in [5.74, 6) is 1.86. The molecule has 1 aliphatic heterocycles. The van der Waals surface area contributed by atoms with Crippen molar-refractivity contribution >= 4 is 21.7 Å². The first kappa shape index (κ1) is 14.8. The van der Waals surface area contributed by atoms with Crippen LogP contribution in [0.25, 0.3) is 0 Å². The van der Waals surface area contributed by atoms with Gasteiger partial charge in [0.1, 0.15) is 5.82 Å². The van der Waals surface area contributed by atoms with E-state index in [0.29, 0.717) is 0 Å². The Morgan fingerprint density at radius 3 is 3.05 bits per heavy atom. The van der Waals surface area contributed by atoms with Crippen molar-refractivity contribution in [2.75, 3.05) is 31.5 Å².